The van der Waals surface area contributed by atoms with Crippen molar-refractivity contribution in [3.8, 4) is 0 Å². The summed E-state index contributed by atoms with van der Waals surface area (Å²) in [7, 11) is 0. The van der Waals surface area contributed by atoms with E-state index in [0.717, 1.165) is 17.7 Å². The number of hydrogen-bond donors (Lipinski definition) is 1. The van der Waals surface area contributed by atoms with E-state index in [1.54, 1.807) is 24.3 Å². The predicted octanol–water partition coefficient (Wildman–Crippen LogP) is 2.92. The van der Waals surface area contributed by atoms with Crippen LogP contribution in [0.3, 0.4) is 0 Å². The topological polar surface area (TPSA) is 54.6 Å². The van der Waals surface area contributed by atoms with Crippen molar-refractivity contribution in [3.05, 3.63) is 35.0 Å². The lowest BCUT2D eigenvalue weighted by Crippen LogP contribution is -2.26. The number of furan rings is 1. The highest BCUT2D eigenvalue weighted by Gasteiger charge is 2.16. The zero-order valence-corrected chi connectivity index (χ0v) is 10.8. The number of rotatable bonds is 1. The molecular formula is C12H9ClN2O2S. The third-order valence-corrected chi connectivity index (χ3v) is 3.63. The van der Waals surface area contributed by atoms with Gasteiger partial charge in [-0.2, -0.15) is 0 Å². The first-order chi connectivity index (χ1) is 8.72. The molecule has 0 fully saturated rings. The molecule has 1 aliphatic heterocycles. The van der Waals surface area contributed by atoms with Gasteiger partial charge >= 0.3 is 0 Å². The first kappa shape index (κ1) is 11.6. The second-order valence-corrected chi connectivity index (χ2v) is 5.30. The summed E-state index contributed by atoms with van der Waals surface area (Å²) in [6.07, 6.45) is 0. The van der Waals surface area contributed by atoms with Gasteiger partial charge in [-0.15, -0.1) is 0 Å². The number of nitrogens with zero attached hydrogens (tertiary/aromatic N) is 1. The molecule has 6 heteroatoms. The molecule has 1 aliphatic rings. The summed E-state index contributed by atoms with van der Waals surface area (Å²) in [5.74, 6) is 0.892. The zero-order chi connectivity index (χ0) is 12.5. The number of fused-ring (bicyclic) bond motifs is 1. The molecular weight excluding hydrogens is 272 g/mol. The van der Waals surface area contributed by atoms with Crippen molar-refractivity contribution in [2.75, 3.05) is 12.3 Å². The van der Waals surface area contributed by atoms with Crippen LogP contribution in [0.4, 0.5) is 0 Å². The van der Waals surface area contributed by atoms with Crippen LogP contribution in [0.5, 0.6) is 0 Å². The third kappa shape index (κ3) is 2.23. The summed E-state index contributed by atoms with van der Waals surface area (Å²) in [5, 5.41) is 4.80. The number of nitrogens with one attached hydrogen (secondary N) is 1. The lowest BCUT2D eigenvalue weighted by molar-refractivity contribution is 0.0953. The number of amidine groups is 1. The van der Waals surface area contributed by atoms with E-state index in [1.165, 1.54) is 11.8 Å². The Labute approximate surface area is 112 Å². The molecule has 1 amide bonds. The molecule has 1 aromatic carbocycles. The fourth-order valence-corrected chi connectivity index (χ4v) is 2.60. The fraction of sp³-hybridized carbons (Fsp3) is 0.167. The van der Waals surface area contributed by atoms with E-state index in [1.807, 2.05) is 0 Å². The Morgan fingerprint density at radius 1 is 1.44 bits per heavy atom. The quantitative estimate of drug-likeness (QED) is 0.874. The first-order valence-electron chi connectivity index (χ1n) is 5.40. The van der Waals surface area contributed by atoms with Crippen molar-refractivity contribution < 1.29 is 9.21 Å². The van der Waals surface area contributed by atoms with Gasteiger partial charge in [0.15, 0.2) is 10.9 Å². The number of carbonyl (C=O) groups excluding carboxylic acids is 1. The second-order valence-electron chi connectivity index (χ2n) is 3.78. The highest BCUT2D eigenvalue weighted by atomic mass is 35.5. The van der Waals surface area contributed by atoms with E-state index in [4.69, 9.17) is 16.0 Å². The van der Waals surface area contributed by atoms with Crippen LogP contribution in [0.2, 0.25) is 5.02 Å². The molecule has 0 saturated heterocycles. The molecule has 18 heavy (non-hydrogen) atoms. The van der Waals surface area contributed by atoms with E-state index in [-0.39, 0.29) is 11.7 Å². The van der Waals surface area contributed by atoms with Crippen LogP contribution < -0.4 is 5.32 Å². The number of aliphatic imine (C=N–C) groups is 1. The summed E-state index contributed by atoms with van der Waals surface area (Å²) < 4.78 is 5.46. The Hall–Kier alpha value is -1.46. The lowest BCUT2D eigenvalue weighted by atomic mass is 10.2. The van der Waals surface area contributed by atoms with Crippen LogP contribution in [-0.2, 0) is 0 Å². The molecule has 2 aromatic rings. The van der Waals surface area contributed by atoms with Crippen molar-refractivity contribution in [1.82, 2.24) is 5.32 Å². The molecule has 0 atom stereocenters. The van der Waals surface area contributed by atoms with E-state index in [0.29, 0.717) is 15.8 Å². The SMILES string of the molecule is O=C(NC1=NCCS1)c1cc2cc(Cl)ccc2o1. The van der Waals surface area contributed by atoms with E-state index in [2.05, 4.69) is 10.3 Å². The number of hydrogen-bond acceptors (Lipinski definition) is 4. The summed E-state index contributed by atoms with van der Waals surface area (Å²) in [4.78, 5) is 16.1. The molecule has 4 nitrogen and oxygen atoms in total. The van der Waals surface area contributed by atoms with Crippen molar-refractivity contribution >= 4 is 45.4 Å². The Morgan fingerprint density at radius 3 is 3.11 bits per heavy atom. The average molecular weight is 281 g/mol. The van der Waals surface area contributed by atoms with Crippen LogP contribution in [0.15, 0.2) is 33.7 Å². The smallest absolute Gasteiger partial charge is 0.292 e. The van der Waals surface area contributed by atoms with Gasteiger partial charge in [0.1, 0.15) is 5.58 Å². The van der Waals surface area contributed by atoms with Gasteiger partial charge in [-0.1, -0.05) is 23.4 Å². The number of thioether (sulfide) groups is 1. The highest BCUT2D eigenvalue weighted by Crippen LogP contribution is 2.23. The van der Waals surface area contributed by atoms with Crippen molar-refractivity contribution in [2.45, 2.75) is 0 Å². The van der Waals surface area contributed by atoms with Crippen LogP contribution in [0, 0.1) is 0 Å². The van der Waals surface area contributed by atoms with Gasteiger partial charge in [0.05, 0.1) is 6.54 Å². The van der Waals surface area contributed by atoms with E-state index < -0.39 is 0 Å². The van der Waals surface area contributed by atoms with Crippen LogP contribution >= 0.6 is 23.4 Å². The summed E-state index contributed by atoms with van der Waals surface area (Å²) in [6.45, 7) is 0.746. The number of amides is 1. The molecule has 0 unspecified atom stereocenters. The van der Waals surface area contributed by atoms with E-state index >= 15 is 0 Å². The molecule has 92 valence electrons. The van der Waals surface area contributed by atoms with E-state index in [9.17, 15) is 4.79 Å². The standard InChI is InChI=1S/C12H9ClN2O2S/c13-8-1-2-9-7(5-8)6-10(17-9)11(16)15-12-14-3-4-18-12/h1-2,5-6H,3-4H2,(H,14,15,16). The van der Waals surface area contributed by atoms with Gasteiger partial charge < -0.3 is 4.42 Å². The minimum Gasteiger partial charge on any atom is -0.451 e. The molecule has 0 bridgehead atoms. The van der Waals surface area contributed by atoms with Gasteiger partial charge in [0, 0.05) is 16.2 Å². The number of carbonyl (C=O) groups is 1. The van der Waals surface area contributed by atoms with Gasteiger partial charge in [-0.25, -0.2) is 0 Å². The monoisotopic (exact) mass is 280 g/mol. The molecule has 1 N–H and O–H groups in total. The van der Waals surface area contributed by atoms with Gasteiger partial charge in [0.25, 0.3) is 5.91 Å². The summed E-state index contributed by atoms with van der Waals surface area (Å²) >= 11 is 7.41. The van der Waals surface area contributed by atoms with Crippen molar-refractivity contribution in [1.29, 1.82) is 0 Å². The third-order valence-electron chi connectivity index (χ3n) is 2.51. The second kappa shape index (κ2) is 4.66. The van der Waals surface area contributed by atoms with Gasteiger partial charge in [0.2, 0.25) is 0 Å². The Balaban J connectivity index is 1.87. The van der Waals surface area contributed by atoms with Crippen LogP contribution in [0.1, 0.15) is 10.6 Å². The summed E-state index contributed by atoms with van der Waals surface area (Å²) in [5.41, 5.74) is 0.644. The normalized spacial score (nSPS) is 14.8. The Kier molecular flexibility index (Phi) is 3.01. The first-order valence-corrected chi connectivity index (χ1v) is 6.76. The van der Waals surface area contributed by atoms with Gasteiger partial charge in [-0.3, -0.25) is 15.1 Å². The van der Waals surface area contributed by atoms with Crippen molar-refractivity contribution in [2.24, 2.45) is 4.99 Å². The van der Waals surface area contributed by atoms with Gasteiger partial charge in [-0.05, 0) is 24.3 Å². The van der Waals surface area contributed by atoms with Crippen LogP contribution in [0.25, 0.3) is 11.0 Å². The molecule has 2 heterocycles. The molecule has 1 aromatic heterocycles. The van der Waals surface area contributed by atoms with Crippen LogP contribution in [-0.4, -0.2) is 23.4 Å². The summed E-state index contributed by atoms with van der Waals surface area (Å²) in [6, 6.07) is 6.91. The highest BCUT2D eigenvalue weighted by molar-refractivity contribution is 8.14. The number of halogens is 1. The maximum absolute atomic E-state index is 11.9. The predicted molar refractivity (Wildman–Crippen MR) is 73.5 cm³/mol. The minimum atomic E-state index is -0.282. The minimum absolute atomic E-state index is 0.266. The van der Waals surface area contributed by atoms with Crippen molar-refractivity contribution in [3.63, 3.8) is 0 Å². The molecule has 0 saturated carbocycles. The Morgan fingerprint density at radius 2 is 2.33 bits per heavy atom. The molecule has 3 rings (SSSR count). The average Bonchev–Trinajstić information content (AvgIpc) is 2.96. The Bertz CT molecular complexity index is 651. The molecule has 0 radical (unpaired) electrons. The maximum Gasteiger partial charge on any atom is 0.292 e. The fourth-order valence-electron chi connectivity index (χ4n) is 1.70. The molecule has 0 spiro atoms. The largest absolute Gasteiger partial charge is 0.451 e. The zero-order valence-electron chi connectivity index (χ0n) is 9.27. The molecule has 0 aliphatic carbocycles. The lowest BCUT2D eigenvalue weighted by Gasteiger charge is -1.99. The maximum atomic E-state index is 11.9. The number of benzene rings is 1.